The van der Waals surface area contributed by atoms with Gasteiger partial charge in [0.2, 0.25) is 0 Å². The van der Waals surface area contributed by atoms with Gasteiger partial charge in [-0.3, -0.25) is 4.03 Å². The van der Waals surface area contributed by atoms with Crippen molar-refractivity contribution in [3.8, 4) is 0 Å². The Morgan fingerprint density at radius 3 is 2.33 bits per heavy atom. The highest BCUT2D eigenvalue weighted by atomic mass is 32.1. The summed E-state index contributed by atoms with van der Waals surface area (Å²) in [4.78, 5) is 0. The molecular formula is C11H18N2SSi. The first-order valence-electron chi connectivity index (χ1n) is 5.05. The van der Waals surface area contributed by atoms with E-state index in [0.717, 1.165) is 5.69 Å². The first-order valence-corrected chi connectivity index (χ1v) is 9.23. The molecule has 0 heterocycles. The zero-order valence-electron chi connectivity index (χ0n) is 10.0. The molecule has 0 aliphatic carbocycles. The van der Waals surface area contributed by atoms with Gasteiger partial charge in [-0.25, -0.2) is 0 Å². The molecule has 0 atom stereocenters. The van der Waals surface area contributed by atoms with Gasteiger partial charge in [0.15, 0.2) is 8.24 Å². The van der Waals surface area contributed by atoms with Gasteiger partial charge in [0.25, 0.3) is 0 Å². The van der Waals surface area contributed by atoms with Crippen LogP contribution in [0.5, 0.6) is 0 Å². The van der Waals surface area contributed by atoms with E-state index in [2.05, 4.69) is 60.1 Å². The van der Waals surface area contributed by atoms with Gasteiger partial charge >= 0.3 is 0 Å². The fraction of sp³-hybridized carbons (Fsp3) is 0.455. The second kappa shape index (κ2) is 4.85. The molecule has 2 nitrogen and oxygen atoms in total. The molecule has 0 fully saturated rings. The first-order chi connectivity index (χ1) is 6.88. The second-order valence-corrected chi connectivity index (χ2v) is 10.1. The van der Waals surface area contributed by atoms with Crippen molar-refractivity contribution in [3.05, 3.63) is 29.3 Å². The minimum atomic E-state index is -1.35. The average Bonchev–Trinajstić information content (AvgIpc) is 2.07. The van der Waals surface area contributed by atoms with Crippen LogP contribution in [0.4, 0.5) is 5.69 Å². The minimum Gasteiger partial charge on any atom is -0.256 e. The lowest BCUT2D eigenvalue weighted by Gasteiger charge is -2.03. The number of nitrogens with zero attached hydrogens (tertiary/aromatic N) is 2. The molecule has 1 aromatic rings. The van der Waals surface area contributed by atoms with Crippen LogP contribution in [0.1, 0.15) is 11.1 Å². The quantitative estimate of drug-likeness (QED) is 0.689. The van der Waals surface area contributed by atoms with E-state index in [1.54, 1.807) is 0 Å². The van der Waals surface area contributed by atoms with Gasteiger partial charge in [-0.05, 0) is 45.1 Å². The van der Waals surface area contributed by atoms with Crippen LogP contribution in [-0.2, 0) is 11.4 Å². The van der Waals surface area contributed by atoms with Gasteiger partial charge in [-0.15, -0.1) is 0 Å². The number of aryl methyl sites for hydroxylation is 2. The van der Waals surface area contributed by atoms with E-state index in [4.69, 9.17) is 0 Å². The fourth-order valence-corrected chi connectivity index (χ4v) is 2.53. The molecule has 0 amide bonds. The molecular weight excluding hydrogens is 220 g/mol. The fourth-order valence-electron chi connectivity index (χ4n) is 1.09. The third-order valence-corrected chi connectivity index (χ3v) is 4.60. The highest BCUT2D eigenvalue weighted by molar-refractivity contribution is 7.58. The third kappa shape index (κ3) is 4.53. The van der Waals surface area contributed by atoms with E-state index in [1.807, 2.05) is 0 Å². The molecule has 0 aromatic heterocycles. The minimum absolute atomic E-state index is 1.03. The molecule has 0 spiro atoms. The van der Waals surface area contributed by atoms with Crippen molar-refractivity contribution in [2.24, 2.45) is 8.39 Å². The molecule has 0 saturated heterocycles. The van der Waals surface area contributed by atoms with Crippen LogP contribution in [0.2, 0.25) is 19.6 Å². The van der Waals surface area contributed by atoms with Crippen molar-refractivity contribution in [2.45, 2.75) is 33.5 Å². The molecule has 0 bridgehead atoms. The maximum atomic E-state index is 4.50. The zero-order valence-corrected chi connectivity index (χ0v) is 11.9. The summed E-state index contributed by atoms with van der Waals surface area (Å²) in [5.41, 5.74) is 3.53. The molecule has 15 heavy (non-hydrogen) atoms. The van der Waals surface area contributed by atoms with Crippen LogP contribution in [0, 0.1) is 13.8 Å². The summed E-state index contributed by atoms with van der Waals surface area (Å²) in [6, 6.07) is 6.28. The van der Waals surface area contributed by atoms with Gasteiger partial charge in [-0.2, -0.15) is 4.36 Å². The normalized spacial score (nSPS) is 11.0. The summed E-state index contributed by atoms with van der Waals surface area (Å²) in [6.45, 7) is 10.8. The molecule has 4 heteroatoms. The molecule has 82 valence electrons. The highest BCUT2D eigenvalue weighted by Crippen LogP contribution is 2.18. The zero-order chi connectivity index (χ0) is 11.5. The molecule has 0 saturated carbocycles. The Bertz CT molecular complexity index is 415. The Hall–Kier alpha value is -0.743. The van der Waals surface area contributed by atoms with Gasteiger partial charge in [-0.1, -0.05) is 17.7 Å². The Balaban J connectivity index is 2.95. The molecule has 1 aromatic carbocycles. The van der Waals surface area contributed by atoms with Crippen LogP contribution < -0.4 is 0 Å². The third-order valence-electron chi connectivity index (χ3n) is 1.81. The van der Waals surface area contributed by atoms with Crippen molar-refractivity contribution in [1.82, 2.24) is 0 Å². The Labute approximate surface area is 96.7 Å². The summed E-state index contributed by atoms with van der Waals surface area (Å²) < 4.78 is 8.92. The largest absolute Gasteiger partial charge is 0.256 e. The summed E-state index contributed by atoms with van der Waals surface area (Å²) in [5.74, 6) is 0. The van der Waals surface area contributed by atoms with Crippen molar-refractivity contribution in [2.75, 3.05) is 0 Å². The average molecular weight is 238 g/mol. The van der Waals surface area contributed by atoms with Crippen LogP contribution in [0.3, 0.4) is 0 Å². The number of hydrogen-bond donors (Lipinski definition) is 0. The van der Waals surface area contributed by atoms with Gasteiger partial charge in [0, 0.05) is 0 Å². The van der Waals surface area contributed by atoms with Crippen LogP contribution in [0.15, 0.2) is 26.6 Å². The van der Waals surface area contributed by atoms with E-state index in [-0.39, 0.29) is 0 Å². The lowest BCUT2D eigenvalue weighted by atomic mass is 10.1. The Morgan fingerprint density at radius 2 is 1.80 bits per heavy atom. The summed E-state index contributed by atoms with van der Waals surface area (Å²) in [5, 5.41) is 0. The number of benzene rings is 1. The van der Waals surface area contributed by atoms with Crippen LogP contribution in [0.25, 0.3) is 0 Å². The number of hydrogen-bond acceptors (Lipinski definition) is 2. The Kier molecular flexibility index (Phi) is 3.99. The maximum Gasteiger partial charge on any atom is 0.190 e. The van der Waals surface area contributed by atoms with E-state index in [1.165, 1.54) is 22.5 Å². The van der Waals surface area contributed by atoms with Crippen molar-refractivity contribution in [3.63, 3.8) is 0 Å². The maximum absolute atomic E-state index is 4.50. The predicted molar refractivity (Wildman–Crippen MR) is 71.1 cm³/mol. The van der Waals surface area contributed by atoms with Crippen molar-refractivity contribution in [1.29, 1.82) is 0 Å². The van der Waals surface area contributed by atoms with Gasteiger partial charge in [0.1, 0.15) is 0 Å². The van der Waals surface area contributed by atoms with Crippen molar-refractivity contribution >= 4 is 25.3 Å². The number of rotatable bonds is 2. The predicted octanol–water partition coefficient (Wildman–Crippen LogP) is 4.22. The second-order valence-electron chi connectivity index (χ2n) is 4.72. The molecule has 0 radical (unpaired) electrons. The van der Waals surface area contributed by atoms with Gasteiger partial charge in [0.05, 0.1) is 17.0 Å². The van der Waals surface area contributed by atoms with Crippen molar-refractivity contribution < 1.29 is 0 Å². The smallest absolute Gasteiger partial charge is 0.190 e. The van der Waals surface area contributed by atoms with E-state index < -0.39 is 8.24 Å². The summed E-state index contributed by atoms with van der Waals surface area (Å²) in [6.07, 6.45) is 0. The molecule has 0 unspecified atom stereocenters. The van der Waals surface area contributed by atoms with Crippen LogP contribution in [-0.4, -0.2) is 8.24 Å². The molecule has 0 aliphatic rings. The molecule has 0 N–H and O–H groups in total. The Morgan fingerprint density at radius 1 is 1.13 bits per heavy atom. The lowest BCUT2D eigenvalue weighted by Crippen LogP contribution is -2.14. The summed E-state index contributed by atoms with van der Waals surface area (Å²) in [7, 11) is -1.35. The van der Waals surface area contributed by atoms with E-state index in [0.29, 0.717) is 0 Å². The first kappa shape index (κ1) is 12.3. The molecule has 1 rings (SSSR count). The van der Waals surface area contributed by atoms with E-state index >= 15 is 0 Å². The molecule has 0 aliphatic heterocycles. The SMILES string of the molecule is Cc1ccc(N=S=N[Si](C)(C)C)c(C)c1. The standard InChI is InChI=1S/C11H18N2SSi/c1-9-6-7-11(10(2)8-9)12-14-13-15(3,4)5/h6-8H,1-5H3. The highest BCUT2D eigenvalue weighted by Gasteiger charge is 2.09. The van der Waals surface area contributed by atoms with Gasteiger partial charge < -0.3 is 0 Å². The topological polar surface area (TPSA) is 24.7 Å². The van der Waals surface area contributed by atoms with Crippen LogP contribution >= 0.6 is 0 Å². The van der Waals surface area contributed by atoms with E-state index in [9.17, 15) is 0 Å². The lowest BCUT2D eigenvalue weighted by molar-refractivity contribution is 1.36. The summed E-state index contributed by atoms with van der Waals surface area (Å²) >= 11 is 1.35. The monoisotopic (exact) mass is 238 g/mol.